The third-order valence-electron chi connectivity index (χ3n) is 7.02. The van der Waals surface area contributed by atoms with Crippen molar-refractivity contribution in [3.8, 4) is 5.75 Å². The molecule has 5 rings (SSSR count). The van der Waals surface area contributed by atoms with Crippen LogP contribution in [0.4, 0.5) is 11.4 Å². The molecule has 0 fully saturated rings. The molecule has 2 atom stereocenters. The van der Waals surface area contributed by atoms with E-state index in [4.69, 9.17) is 16.3 Å². The Hall–Kier alpha value is -4.10. The minimum atomic E-state index is -0.211. The van der Waals surface area contributed by atoms with Crippen molar-refractivity contribution < 1.29 is 14.3 Å². The quantitative estimate of drug-likeness (QED) is 0.237. The summed E-state index contributed by atoms with van der Waals surface area (Å²) in [7, 11) is 0. The summed E-state index contributed by atoms with van der Waals surface area (Å²) in [6, 6.07) is 22.1. The van der Waals surface area contributed by atoms with E-state index in [1.54, 1.807) is 36.5 Å². The fraction of sp³-hybridized carbons (Fsp3) is 0.258. The first kappa shape index (κ1) is 26.5. The first-order valence-electron chi connectivity index (χ1n) is 13.1. The molecule has 0 bridgehead atoms. The number of aryl methyl sites for hydroxylation is 1. The summed E-state index contributed by atoms with van der Waals surface area (Å²) in [6.45, 7) is 5.01. The predicted octanol–water partition coefficient (Wildman–Crippen LogP) is 6.54. The lowest BCUT2D eigenvalue weighted by Crippen LogP contribution is -2.47. The highest BCUT2D eigenvalue weighted by Gasteiger charge is 2.38. The molecule has 1 aliphatic heterocycles. The molecule has 7 nitrogen and oxygen atoms in total. The molecule has 1 aliphatic rings. The maximum atomic E-state index is 13.8. The van der Waals surface area contributed by atoms with Crippen molar-refractivity contribution in [2.75, 3.05) is 16.4 Å². The van der Waals surface area contributed by atoms with E-state index in [2.05, 4.69) is 4.98 Å². The molecule has 2 heterocycles. The summed E-state index contributed by atoms with van der Waals surface area (Å²) in [6.07, 6.45) is 6.93. The molecule has 4 aromatic rings. The Morgan fingerprint density at radius 3 is 2.49 bits per heavy atom. The first-order chi connectivity index (χ1) is 18.9. The molecule has 0 radical (unpaired) electrons. The summed E-state index contributed by atoms with van der Waals surface area (Å²) < 4.78 is 7.88. The number of aromatic nitrogens is 2. The maximum absolute atomic E-state index is 13.8. The average Bonchev–Trinajstić information content (AvgIpc) is 3.46. The van der Waals surface area contributed by atoms with E-state index in [-0.39, 0.29) is 23.9 Å². The van der Waals surface area contributed by atoms with Crippen LogP contribution in [-0.4, -0.2) is 34.0 Å². The number of rotatable bonds is 8. The zero-order valence-corrected chi connectivity index (χ0v) is 22.8. The van der Waals surface area contributed by atoms with Gasteiger partial charge in [0.2, 0.25) is 5.91 Å². The van der Waals surface area contributed by atoms with Crippen LogP contribution in [0.25, 0.3) is 0 Å². The van der Waals surface area contributed by atoms with E-state index < -0.39 is 0 Å². The van der Waals surface area contributed by atoms with Crippen LogP contribution >= 0.6 is 11.6 Å². The number of para-hydroxylation sites is 1. The number of fused-ring (bicyclic) bond motifs is 1. The van der Waals surface area contributed by atoms with Crippen LogP contribution in [0.5, 0.6) is 5.75 Å². The van der Waals surface area contributed by atoms with E-state index in [1.807, 2.05) is 83.3 Å². The number of hydrogen-bond donors (Lipinski definition) is 0. The highest BCUT2D eigenvalue weighted by Crippen LogP contribution is 2.43. The molecule has 0 aliphatic carbocycles. The van der Waals surface area contributed by atoms with Gasteiger partial charge in [-0.05, 0) is 79.9 Å². The van der Waals surface area contributed by atoms with Crippen LogP contribution in [-0.2, 0) is 11.3 Å². The largest absolute Gasteiger partial charge is 0.494 e. The number of anilines is 2. The Labute approximate surface area is 233 Å². The minimum absolute atomic E-state index is 0.0651. The van der Waals surface area contributed by atoms with Crippen LogP contribution in [0.3, 0.4) is 0 Å². The van der Waals surface area contributed by atoms with Gasteiger partial charge in [-0.25, -0.2) is 4.98 Å². The van der Waals surface area contributed by atoms with Crippen molar-refractivity contribution in [2.45, 2.75) is 45.3 Å². The Morgan fingerprint density at radius 2 is 1.79 bits per heavy atom. The second-order valence-corrected chi connectivity index (χ2v) is 10.2. The molecule has 1 aromatic heterocycles. The Morgan fingerprint density at radius 1 is 1.05 bits per heavy atom. The van der Waals surface area contributed by atoms with Gasteiger partial charge >= 0.3 is 0 Å². The van der Waals surface area contributed by atoms with Gasteiger partial charge in [-0.1, -0.05) is 29.8 Å². The smallest absolute Gasteiger partial charge is 0.258 e. The fourth-order valence-electron chi connectivity index (χ4n) is 5.21. The molecule has 2 unspecified atom stereocenters. The summed E-state index contributed by atoms with van der Waals surface area (Å²) in [4.78, 5) is 34.3. The van der Waals surface area contributed by atoms with Gasteiger partial charge in [0, 0.05) is 53.9 Å². The van der Waals surface area contributed by atoms with E-state index >= 15 is 0 Å². The second-order valence-electron chi connectivity index (χ2n) is 9.73. The van der Waals surface area contributed by atoms with Crippen molar-refractivity contribution in [2.24, 2.45) is 0 Å². The van der Waals surface area contributed by atoms with Gasteiger partial charge in [0.25, 0.3) is 5.91 Å². The summed E-state index contributed by atoms with van der Waals surface area (Å²) in [5, 5.41) is 0.613. The van der Waals surface area contributed by atoms with Crippen LogP contribution in [0.1, 0.15) is 48.7 Å². The third kappa shape index (κ3) is 5.83. The Kier molecular flexibility index (Phi) is 7.98. The van der Waals surface area contributed by atoms with Crippen molar-refractivity contribution in [3.63, 3.8) is 0 Å². The highest BCUT2D eigenvalue weighted by molar-refractivity contribution is 6.30. The number of benzene rings is 3. The van der Waals surface area contributed by atoms with Gasteiger partial charge in [0.05, 0.1) is 19.0 Å². The number of ether oxygens (including phenoxy) is 1. The van der Waals surface area contributed by atoms with E-state index in [0.29, 0.717) is 23.6 Å². The van der Waals surface area contributed by atoms with Crippen LogP contribution in [0.15, 0.2) is 91.5 Å². The molecule has 0 N–H and O–H groups in total. The number of amides is 2. The molecule has 8 heteroatoms. The van der Waals surface area contributed by atoms with Gasteiger partial charge in [0.1, 0.15) is 5.75 Å². The molecular weight excluding hydrogens is 512 g/mol. The molecule has 2 amide bonds. The first-order valence-corrected chi connectivity index (χ1v) is 13.5. The summed E-state index contributed by atoms with van der Waals surface area (Å²) >= 11 is 6.10. The lowest BCUT2D eigenvalue weighted by molar-refractivity contribution is -0.117. The van der Waals surface area contributed by atoms with E-state index in [9.17, 15) is 9.59 Å². The fourth-order valence-corrected chi connectivity index (χ4v) is 5.33. The monoisotopic (exact) mass is 542 g/mol. The molecule has 0 saturated heterocycles. The van der Waals surface area contributed by atoms with Crippen molar-refractivity contribution in [1.29, 1.82) is 0 Å². The number of carbonyl (C=O) groups excluding carboxylic acids is 2. The number of halogens is 1. The zero-order chi connectivity index (χ0) is 27.4. The summed E-state index contributed by atoms with van der Waals surface area (Å²) in [5.74, 6) is 0.579. The number of carbonyl (C=O) groups is 2. The maximum Gasteiger partial charge on any atom is 0.258 e. The number of imidazole rings is 1. The van der Waals surface area contributed by atoms with Crippen molar-refractivity contribution >= 4 is 34.8 Å². The van der Waals surface area contributed by atoms with Gasteiger partial charge in [-0.15, -0.1) is 0 Å². The highest BCUT2D eigenvalue weighted by atomic mass is 35.5. The SMILES string of the molecule is CC(=O)N(c1ccc(Cl)cc1)C1CC(C)N(C(=O)c2ccc(OCCCn3ccnc3)cc2)c2ccccc21. The molecule has 0 saturated carbocycles. The molecular formula is C31H31ClN4O3. The minimum Gasteiger partial charge on any atom is -0.494 e. The van der Waals surface area contributed by atoms with Gasteiger partial charge in [-0.2, -0.15) is 0 Å². The van der Waals surface area contributed by atoms with Gasteiger partial charge in [-0.3, -0.25) is 9.59 Å². The van der Waals surface area contributed by atoms with Gasteiger partial charge < -0.3 is 19.1 Å². The molecule has 0 spiro atoms. The Balaban J connectivity index is 1.33. The van der Waals surface area contributed by atoms with Crippen molar-refractivity contribution in [1.82, 2.24) is 9.55 Å². The van der Waals surface area contributed by atoms with Crippen LogP contribution < -0.4 is 14.5 Å². The lowest BCUT2D eigenvalue weighted by Gasteiger charge is -2.43. The molecule has 3 aromatic carbocycles. The second kappa shape index (κ2) is 11.7. The average molecular weight is 543 g/mol. The molecule has 39 heavy (non-hydrogen) atoms. The normalized spacial score (nSPS) is 16.4. The predicted molar refractivity (Wildman–Crippen MR) is 153 cm³/mol. The number of nitrogens with zero attached hydrogens (tertiary/aromatic N) is 4. The van der Waals surface area contributed by atoms with E-state index in [0.717, 1.165) is 35.7 Å². The lowest BCUT2D eigenvalue weighted by atomic mass is 9.89. The van der Waals surface area contributed by atoms with Crippen LogP contribution in [0.2, 0.25) is 5.02 Å². The zero-order valence-electron chi connectivity index (χ0n) is 22.0. The van der Waals surface area contributed by atoms with Crippen molar-refractivity contribution in [3.05, 3.63) is 108 Å². The summed E-state index contributed by atoms with van der Waals surface area (Å²) in [5.41, 5.74) is 3.11. The standard InChI is InChI=1S/C31H31ClN4O3/c1-22-20-30(36(23(2)37)26-12-10-25(32)11-13-26)28-6-3-4-7-29(28)35(22)31(38)24-8-14-27(15-9-24)39-19-5-17-34-18-16-33-21-34/h3-4,6-16,18,21-22,30H,5,17,19-20H2,1-2H3. The van der Waals surface area contributed by atoms with Gasteiger partial charge in [0.15, 0.2) is 0 Å². The van der Waals surface area contributed by atoms with Crippen LogP contribution in [0, 0.1) is 0 Å². The van der Waals surface area contributed by atoms with E-state index in [1.165, 1.54) is 0 Å². The topological polar surface area (TPSA) is 67.7 Å². The third-order valence-corrected chi connectivity index (χ3v) is 7.28. The molecule has 200 valence electrons. The Bertz CT molecular complexity index is 1420. The number of hydrogen-bond acceptors (Lipinski definition) is 4.